The van der Waals surface area contributed by atoms with Gasteiger partial charge in [-0.3, -0.25) is 4.79 Å². The topological polar surface area (TPSA) is 99.1 Å². The van der Waals surface area contributed by atoms with E-state index in [0.29, 0.717) is 5.56 Å². The normalized spacial score (nSPS) is 11.0. The van der Waals surface area contributed by atoms with Crippen LogP contribution in [0.5, 0.6) is 17.2 Å². The largest absolute Gasteiger partial charge is 0.493 e. The summed E-state index contributed by atoms with van der Waals surface area (Å²) >= 11 is 0. The summed E-state index contributed by atoms with van der Waals surface area (Å²) in [5.74, 6) is -0.658. The molecule has 2 rings (SSSR count). The van der Waals surface area contributed by atoms with Gasteiger partial charge in [-0.2, -0.15) is 8.42 Å². The summed E-state index contributed by atoms with van der Waals surface area (Å²) in [5.41, 5.74) is 1.47. The van der Waals surface area contributed by atoms with Gasteiger partial charge in [-0.15, -0.1) is 0 Å². The molecular formula is C18H20O7S. The number of carboxylic acid groups (broad SMARTS) is 1. The molecule has 0 aromatic heterocycles. The summed E-state index contributed by atoms with van der Waals surface area (Å²) < 4.78 is 40.8. The standard InChI is InChI=1S/C18H20O7S/c1-12-4-7-14(8-5-12)26(21,22)25-16-11-13(6-9-17(19)20)10-15(23-2)18(16)24-3/h4-5,7-8,10-11H,6,9H2,1-3H3,(H,19,20). The molecule has 8 heteroatoms. The minimum Gasteiger partial charge on any atom is -0.493 e. The molecule has 0 aliphatic rings. The zero-order valence-corrected chi connectivity index (χ0v) is 15.5. The van der Waals surface area contributed by atoms with Crippen LogP contribution in [-0.2, 0) is 21.3 Å². The van der Waals surface area contributed by atoms with Gasteiger partial charge < -0.3 is 18.8 Å². The maximum absolute atomic E-state index is 12.5. The van der Waals surface area contributed by atoms with Crippen LogP contribution in [0.4, 0.5) is 0 Å². The van der Waals surface area contributed by atoms with E-state index in [9.17, 15) is 13.2 Å². The van der Waals surface area contributed by atoms with E-state index in [4.69, 9.17) is 18.8 Å². The molecule has 140 valence electrons. The molecule has 2 aromatic rings. The lowest BCUT2D eigenvalue weighted by Gasteiger charge is -2.15. The first kappa shape index (κ1) is 19.6. The van der Waals surface area contributed by atoms with Gasteiger partial charge in [0.1, 0.15) is 4.90 Å². The quantitative estimate of drug-likeness (QED) is 0.703. The Morgan fingerprint density at radius 1 is 1.04 bits per heavy atom. The van der Waals surface area contributed by atoms with Crippen molar-refractivity contribution in [2.45, 2.75) is 24.7 Å². The Balaban J connectivity index is 2.43. The molecule has 0 bridgehead atoms. The fourth-order valence-electron chi connectivity index (χ4n) is 2.31. The Bertz CT molecular complexity index is 887. The van der Waals surface area contributed by atoms with E-state index in [1.165, 1.54) is 32.4 Å². The molecule has 0 spiro atoms. The van der Waals surface area contributed by atoms with Crippen molar-refractivity contribution in [2.75, 3.05) is 14.2 Å². The Morgan fingerprint density at radius 3 is 2.19 bits per heavy atom. The lowest BCUT2D eigenvalue weighted by Crippen LogP contribution is -2.11. The van der Waals surface area contributed by atoms with E-state index >= 15 is 0 Å². The molecule has 0 saturated heterocycles. The number of ether oxygens (including phenoxy) is 2. The van der Waals surface area contributed by atoms with Crippen LogP contribution < -0.4 is 13.7 Å². The van der Waals surface area contributed by atoms with Crippen molar-refractivity contribution < 1.29 is 32.0 Å². The molecule has 0 saturated carbocycles. The van der Waals surface area contributed by atoms with E-state index in [1.807, 2.05) is 6.92 Å². The zero-order valence-electron chi connectivity index (χ0n) is 14.7. The predicted molar refractivity (Wildman–Crippen MR) is 94.5 cm³/mol. The highest BCUT2D eigenvalue weighted by Crippen LogP contribution is 2.40. The van der Waals surface area contributed by atoms with E-state index in [1.54, 1.807) is 18.2 Å². The predicted octanol–water partition coefficient (Wildman–Crippen LogP) is 2.80. The van der Waals surface area contributed by atoms with Gasteiger partial charge in [-0.25, -0.2) is 0 Å². The van der Waals surface area contributed by atoms with Crippen LogP contribution in [0.1, 0.15) is 17.5 Å². The van der Waals surface area contributed by atoms with Gasteiger partial charge in [-0.05, 0) is 43.2 Å². The number of hydrogen-bond acceptors (Lipinski definition) is 6. The smallest absolute Gasteiger partial charge is 0.339 e. The van der Waals surface area contributed by atoms with Gasteiger partial charge in [0.25, 0.3) is 0 Å². The van der Waals surface area contributed by atoms with Crippen LogP contribution in [0.25, 0.3) is 0 Å². The van der Waals surface area contributed by atoms with Crippen LogP contribution in [0.15, 0.2) is 41.3 Å². The number of aliphatic carboxylic acids is 1. The lowest BCUT2D eigenvalue weighted by atomic mass is 10.1. The maximum atomic E-state index is 12.5. The second-order valence-corrected chi connectivity index (χ2v) is 7.12. The molecule has 0 aliphatic carbocycles. The van der Waals surface area contributed by atoms with Gasteiger partial charge in [0, 0.05) is 6.42 Å². The first-order valence-corrected chi connectivity index (χ1v) is 9.15. The van der Waals surface area contributed by atoms with Gasteiger partial charge >= 0.3 is 16.1 Å². The van der Waals surface area contributed by atoms with Crippen LogP contribution >= 0.6 is 0 Å². The van der Waals surface area contributed by atoms with Crippen LogP contribution in [0.2, 0.25) is 0 Å². The second kappa shape index (κ2) is 8.09. The van der Waals surface area contributed by atoms with Gasteiger partial charge in [0.2, 0.25) is 5.75 Å². The van der Waals surface area contributed by atoms with Crippen molar-refractivity contribution in [1.29, 1.82) is 0 Å². The Labute approximate surface area is 152 Å². The molecule has 0 fully saturated rings. The van der Waals surface area contributed by atoms with E-state index in [-0.39, 0.29) is 35.0 Å². The minimum absolute atomic E-state index is 0.0000546. The fraction of sp³-hybridized carbons (Fsp3) is 0.278. The molecule has 0 amide bonds. The highest BCUT2D eigenvalue weighted by Gasteiger charge is 2.22. The SMILES string of the molecule is COc1cc(CCC(=O)O)cc(OS(=O)(=O)c2ccc(C)cc2)c1OC. The van der Waals surface area contributed by atoms with E-state index < -0.39 is 16.1 Å². The molecule has 26 heavy (non-hydrogen) atoms. The first-order valence-electron chi connectivity index (χ1n) is 7.74. The van der Waals surface area contributed by atoms with Crippen LogP contribution in [0, 0.1) is 6.92 Å². The van der Waals surface area contributed by atoms with E-state index in [0.717, 1.165) is 5.56 Å². The maximum Gasteiger partial charge on any atom is 0.339 e. The summed E-state index contributed by atoms with van der Waals surface area (Å²) in [5, 5.41) is 8.85. The number of aryl methyl sites for hydroxylation is 2. The third-order valence-electron chi connectivity index (χ3n) is 3.64. The Kier molecular flexibility index (Phi) is 6.10. The second-order valence-electron chi connectivity index (χ2n) is 5.57. The Hall–Kier alpha value is -2.74. The molecule has 2 aromatic carbocycles. The van der Waals surface area contributed by atoms with Crippen molar-refractivity contribution in [1.82, 2.24) is 0 Å². The summed E-state index contributed by atoms with van der Waals surface area (Å²) in [6, 6.07) is 9.25. The third kappa shape index (κ3) is 4.66. The van der Waals surface area contributed by atoms with Crippen molar-refractivity contribution >= 4 is 16.1 Å². The molecule has 0 atom stereocenters. The summed E-state index contributed by atoms with van der Waals surface area (Å²) in [6.45, 7) is 1.84. The van der Waals surface area contributed by atoms with Crippen LogP contribution in [0.3, 0.4) is 0 Å². The van der Waals surface area contributed by atoms with E-state index in [2.05, 4.69) is 0 Å². The fourth-order valence-corrected chi connectivity index (χ4v) is 3.24. The highest BCUT2D eigenvalue weighted by atomic mass is 32.2. The van der Waals surface area contributed by atoms with Crippen LogP contribution in [-0.4, -0.2) is 33.7 Å². The molecule has 0 unspecified atom stereocenters. The molecule has 0 heterocycles. The summed E-state index contributed by atoms with van der Waals surface area (Å²) in [4.78, 5) is 10.8. The van der Waals surface area contributed by atoms with Crippen molar-refractivity contribution in [3.63, 3.8) is 0 Å². The number of benzene rings is 2. The van der Waals surface area contributed by atoms with Crippen molar-refractivity contribution in [2.24, 2.45) is 0 Å². The van der Waals surface area contributed by atoms with Gasteiger partial charge in [-0.1, -0.05) is 17.7 Å². The summed E-state index contributed by atoms with van der Waals surface area (Å²) in [6.07, 6.45) is 0.0796. The Morgan fingerprint density at radius 2 is 1.65 bits per heavy atom. The lowest BCUT2D eigenvalue weighted by molar-refractivity contribution is -0.136. The molecular weight excluding hydrogens is 360 g/mol. The molecule has 0 radical (unpaired) electrons. The number of hydrogen-bond donors (Lipinski definition) is 1. The third-order valence-corrected chi connectivity index (χ3v) is 4.89. The average molecular weight is 380 g/mol. The number of rotatable bonds is 8. The first-order chi connectivity index (χ1) is 12.3. The number of carbonyl (C=O) groups is 1. The zero-order chi connectivity index (χ0) is 19.3. The van der Waals surface area contributed by atoms with Crippen molar-refractivity contribution in [3.8, 4) is 17.2 Å². The molecule has 0 aliphatic heterocycles. The number of methoxy groups -OCH3 is 2. The summed E-state index contributed by atoms with van der Waals surface area (Å²) in [7, 11) is -1.33. The monoisotopic (exact) mass is 380 g/mol. The minimum atomic E-state index is -4.09. The van der Waals surface area contributed by atoms with Crippen molar-refractivity contribution in [3.05, 3.63) is 47.5 Å². The number of carboxylic acids is 1. The van der Waals surface area contributed by atoms with Gasteiger partial charge in [0.05, 0.1) is 14.2 Å². The molecule has 7 nitrogen and oxygen atoms in total. The average Bonchev–Trinajstić information content (AvgIpc) is 2.59. The van der Waals surface area contributed by atoms with Gasteiger partial charge in [0.15, 0.2) is 11.5 Å². The molecule has 1 N–H and O–H groups in total. The highest BCUT2D eigenvalue weighted by molar-refractivity contribution is 7.87.